The van der Waals surface area contributed by atoms with Crippen LogP contribution in [0.25, 0.3) is 0 Å². The third-order valence-electron chi connectivity index (χ3n) is 1.60. The van der Waals surface area contributed by atoms with Gasteiger partial charge in [0.25, 0.3) is 0 Å². The van der Waals surface area contributed by atoms with Gasteiger partial charge in [-0.15, -0.1) is 0 Å². The number of rotatable bonds is 7. The van der Waals surface area contributed by atoms with Crippen LogP contribution in [-0.2, 0) is 10.8 Å². The molecule has 4 heteroatoms. The largest absolute Gasteiger partial charge is 0.396 e. The van der Waals surface area contributed by atoms with Crippen LogP contribution in [0.1, 0.15) is 19.8 Å². The molecular weight excluding hydrogens is 174 g/mol. The Labute approximate surface area is 77.0 Å². The zero-order valence-corrected chi connectivity index (χ0v) is 8.69. The third-order valence-corrected chi connectivity index (χ3v) is 2.47. The molecule has 0 heterocycles. The highest BCUT2D eigenvalue weighted by molar-refractivity contribution is 7.84. The zero-order chi connectivity index (χ0) is 9.40. The standard InChI is InChI=1S/C8H19NO2S/c1-3-5-9-8(4-6-10)7-12(2)11/h8-10H,3-7H2,1-2H3. The van der Waals surface area contributed by atoms with Gasteiger partial charge in [0.05, 0.1) is 0 Å². The van der Waals surface area contributed by atoms with Gasteiger partial charge in [-0.05, 0) is 19.4 Å². The van der Waals surface area contributed by atoms with E-state index < -0.39 is 10.8 Å². The Hall–Kier alpha value is 0.0700. The van der Waals surface area contributed by atoms with Gasteiger partial charge in [0.2, 0.25) is 0 Å². The minimum absolute atomic E-state index is 0.165. The molecule has 2 N–H and O–H groups in total. The first-order chi connectivity index (χ1) is 5.70. The van der Waals surface area contributed by atoms with Gasteiger partial charge in [0.1, 0.15) is 0 Å². The van der Waals surface area contributed by atoms with E-state index >= 15 is 0 Å². The Morgan fingerprint density at radius 3 is 2.67 bits per heavy atom. The van der Waals surface area contributed by atoms with E-state index in [2.05, 4.69) is 12.2 Å². The average Bonchev–Trinajstić information content (AvgIpc) is 2.00. The molecule has 0 bridgehead atoms. The van der Waals surface area contributed by atoms with Crippen molar-refractivity contribution in [2.45, 2.75) is 25.8 Å². The quantitative estimate of drug-likeness (QED) is 0.603. The fourth-order valence-electron chi connectivity index (χ4n) is 1.03. The van der Waals surface area contributed by atoms with E-state index in [4.69, 9.17) is 5.11 Å². The van der Waals surface area contributed by atoms with Crippen molar-refractivity contribution in [3.8, 4) is 0 Å². The van der Waals surface area contributed by atoms with Crippen LogP contribution in [-0.4, -0.2) is 40.5 Å². The van der Waals surface area contributed by atoms with Crippen molar-refractivity contribution >= 4 is 10.8 Å². The van der Waals surface area contributed by atoms with Crippen LogP contribution in [0.2, 0.25) is 0 Å². The summed E-state index contributed by atoms with van der Waals surface area (Å²) in [5.41, 5.74) is 0. The van der Waals surface area contributed by atoms with Gasteiger partial charge in [-0.25, -0.2) is 0 Å². The van der Waals surface area contributed by atoms with E-state index in [0.717, 1.165) is 13.0 Å². The smallest absolute Gasteiger partial charge is 0.0446 e. The maximum Gasteiger partial charge on any atom is 0.0446 e. The molecule has 2 atom stereocenters. The summed E-state index contributed by atoms with van der Waals surface area (Å²) in [6.45, 7) is 3.19. The highest BCUT2D eigenvalue weighted by atomic mass is 32.2. The fourth-order valence-corrected chi connectivity index (χ4v) is 1.88. The molecule has 0 radical (unpaired) electrons. The molecule has 0 amide bonds. The van der Waals surface area contributed by atoms with E-state index in [0.29, 0.717) is 12.2 Å². The monoisotopic (exact) mass is 193 g/mol. The Kier molecular flexibility index (Phi) is 7.75. The molecule has 3 nitrogen and oxygen atoms in total. The lowest BCUT2D eigenvalue weighted by atomic mass is 10.2. The molecule has 0 saturated heterocycles. The summed E-state index contributed by atoms with van der Waals surface area (Å²) >= 11 is 0. The average molecular weight is 193 g/mol. The molecule has 0 aliphatic heterocycles. The Morgan fingerprint density at radius 2 is 2.25 bits per heavy atom. The van der Waals surface area contributed by atoms with Crippen molar-refractivity contribution in [2.75, 3.05) is 25.2 Å². The second kappa shape index (κ2) is 7.71. The van der Waals surface area contributed by atoms with E-state index in [1.807, 2.05) is 0 Å². The van der Waals surface area contributed by atoms with Gasteiger partial charge in [-0.1, -0.05) is 6.92 Å². The van der Waals surface area contributed by atoms with Crippen LogP contribution in [0.4, 0.5) is 0 Å². The van der Waals surface area contributed by atoms with Crippen molar-refractivity contribution in [3.05, 3.63) is 0 Å². The zero-order valence-electron chi connectivity index (χ0n) is 7.88. The highest BCUT2D eigenvalue weighted by Gasteiger charge is 2.07. The third kappa shape index (κ3) is 6.76. The topological polar surface area (TPSA) is 49.3 Å². The van der Waals surface area contributed by atoms with Crippen molar-refractivity contribution in [1.82, 2.24) is 5.32 Å². The van der Waals surface area contributed by atoms with E-state index in [1.54, 1.807) is 6.26 Å². The summed E-state index contributed by atoms with van der Waals surface area (Å²) in [6.07, 6.45) is 3.45. The predicted octanol–water partition coefficient (Wildman–Crippen LogP) is 0.115. The molecule has 0 aliphatic rings. The van der Waals surface area contributed by atoms with Crippen molar-refractivity contribution in [1.29, 1.82) is 0 Å². The molecule has 2 unspecified atom stereocenters. The Bertz CT molecular complexity index is 130. The second-order valence-electron chi connectivity index (χ2n) is 2.90. The maximum atomic E-state index is 10.9. The molecule has 0 fully saturated rings. The van der Waals surface area contributed by atoms with Crippen LogP contribution in [0.15, 0.2) is 0 Å². The lowest BCUT2D eigenvalue weighted by molar-refractivity contribution is 0.270. The predicted molar refractivity (Wildman–Crippen MR) is 52.7 cm³/mol. The molecule has 12 heavy (non-hydrogen) atoms. The van der Waals surface area contributed by atoms with E-state index in [-0.39, 0.29) is 12.6 Å². The van der Waals surface area contributed by atoms with Gasteiger partial charge in [-0.3, -0.25) is 4.21 Å². The molecule has 0 rings (SSSR count). The van der Waals surface area contributed by atoms with Gasteiger partial charge < -0.3 is 10.4 Å². The van der Waals surface area contributed by atoms with E-state index in [1.165, 1.54) is 0 Å². The summed E-state index contributed by atoms with van der Waals surface area (Å²) in [7, 11) is -0.774. The van der Waals surface area contributed by atoms with Crippen LogP contribution < -0.4 is 5.32 Å². The minimum Gasteiger partial charge on any atom is -0.396 e. The number of hydrogen-bond acceptors (Lipinski definition) is 3. The number of nitrogens with one attached hydrogen (secondary N) is 1. The second-order valence-corrected chi connectivity index (χ2v) is 4.38. The molecule has 0 aromatic carbocycles. The van der Waals surface area contributed by atoms with Gasteiger partial charge in [0.15, 0.2) is 0 Å². The van der Waals surface area contributed by atoms with Crippen molar-refractivity contribution < 1.29 is 9.32 Å². The summed E-state index contributed by atoms with van der Waals surface area (Å²) < 4.78 is 10.9. The van der Waals surface area contributed by atoms with Crippen LogP contribution in [0.3, 0.4) is 0 Å². The van der Waals surface area contributed by atoms with Crippen LogP contribution in [0, 0.1) is 0 Å². The summed E-state index contributed by atoms with van der Waals surface area (Å²) in [6, 6.07) is 0.209. The van der Waals surface area contributed by atoms with Gasteiger partial charge >= 0.3 is 0 Å². The highest BCUT2D eigenvalue weighted by Crippen LogP contribution is 1.93. The number of hydrogen-bond donors (Lipinski definition) is 2. The molecule has 0 aliphatic carbocycles. The fraction of sp³-hybridized carbons (Fsp3) is 1.00. The number of aliphatic hydroxyl groups excluding tert-OH is 1. The Balaban J connectivity index is 3.61. The first-order valence-electron chi connectivity index (χ1n) is 4.35. The molecule has 0 spiro atoms. The lowest BCUT2D eigenvalue weighted by Crippen LogP contribution is -2.35. The lowest BCUT2D eigenvalue weighted by Gasteiger charge is -2.15. The van der Waals surface area contributed by atoms with Crippen molar-refractivity contribution in [2.24, 2.45) is 0 Å². The first-order valence-corrected chi connectivity index (χ1v) is 6.07. The van der Waals surface area contributed by atoms with Gasteiger partial charge in [0, 0.05) is 35.5 Å². The summed E-state index contributed by atoms with van der Waals surface area (Å²) in [5.74, 6) is 0.639. The van der Waals surface area contributed by atoms with Crippen LogP contribution >= 0.6 is 0 Å². The molecule has 0 aromatic rings. The maximum absolute atomic E-state index is 10.9. The molecular formula is C8H19NO2S. The Morgan fingerprint density at radius 1 is 1.58 bits per heavy atom. The van der Waals surface area contributed by atoms with Gasteiger partial charge in [-0.2, -0.15) is 0 Å². The SMILES string of the molecule is CCCNC(CCO)CS(C)=O. The minimum atomic E-state index is -0.774. The molecule has 74 valence electrons. The number of aliphatic hydroxyl groups is 1. The summed E-state index contributed by atoms with van der Waals surface area (Å²) in [5, 5.41) is 12.0. The van der Waals surface area contributed by atoms with Crippen molar-refractivity contribution in [3.63, 3.8) is 0 Å². The molecule has 0 saturated carbocycles. The molecule has 0 aromatic heterocycles. The van der Waals surface area contributed by atoms with E-state index in [9.17, 15) is 4.21 Å². The normalized spacial score (nSPS) is 15.9. The van der Waals surface area contributed by atoms with Crippen LogP contribution in [0.5, 0.6) is 0 Å². The summed E-state index contributed by atoms with van der Waals surface area (Å²) in [4.78, 5) is 0. The first kappa shape index (κ1) is 12.1.